The molecule has 0 bridgehead atoms. The van der Waals surface area contributed by atoms with Gasteiger partial charge in [-0.2, -0.15) is 0 Å². The van der Waals surface area contributed by atoms with Crippen LogP contribution >= 0.6 is 7.60 Å². The molecule has 0 aliphatic heterocycles. The van der Waals surface area contributed by atoms with Gasteiger partial charge < -0.3 is 9.79 Å². The Hall–Kier alpha value is -1.41. The van der Waals surface area contributed by atoms with E-state index in [2.05, 4.69) is 18.2 Å². The largest absolute Gasteiger partial charge is 0.329 e. The van der Waals surface area contributed by atoms with Crippen molar-refractivity contribution < 1.29 is 14.4 Å². The molecule has 0 fully saturated rings. The van der Waals surface area contributed by atoms with Crippen molar-refractivity contribution in [2.45, 2.75) is 6.16 Å². The molecule has 0 saturated heterocycles. The van der Waals surface area contributed by atoms with Crippen molar-refractivity contribution >= 4 is 13.7 Å². The van der Waals surface area contributed by atoms with Gasteiger partial charge in [0, 0.05) is 5.92 Å². The van der Waals surface area contributed by atoms with Gasteiger partial charge in [-0.1, -0.05) is 60.7 Å². The maximum Gasteiger partial charge on any atom is 0.329 e. The lowest BCUT2D eigenvalue weighted by molar-refractivity contribution is 0.371. The molecule has 1 aliphatic carbocycles. The molecule has 2 N–H and O–H groups in total. The first-order chi connectivity index (χ1) is 8.53. The summed E-state index contributed by atoms with van der Waals surface area (Å²) in [6.45, 7) is 0. The van der Waals surface area contributed by atoms with Crippen molar-refractivity contribution in [1.82, 2.24) is 0 Å². The van der Waals surface area contributed by atoms with Crippen LogP contribution in [0.15, 0.2) is 54.6 Å². The molecule has 2 rings (SSSR count). The van der Waals surface area contributed by atoms with Crippen LogP contribution in [-0.4, -0.2) is 9.79 Å². The Kier molecular flexibility index (Phi) is 3.97. The lowest BCUT2D eigenvalue weighted by atomic mass is 10.1. The van der Waals surface area contributed by atoms with E-state index < -0.39 is 7.60 Å². The lowest BCUT2D eigenvalue weighted by Gasteiger charge is -2.04. The average molecular weight is 262 g/mol. The van der Waals surface area contributed by atoms with E-state index in [0.29, 0.717) is 11.5 Å². The summed E-state index contributed by atoms with van der Waals surface area (Å²) in [5, 5.41) is 0. The topological polar surface area (TPSA) is 57.5 Å². The van der Waals surface area contributed by atoms with Crippen LogP contribution in [0, 0.1) is 5.92 Å². The van der Waals surface area contributed by atoms with E-state index in [0.717, 1.165) is 5.56 Å². The van der Waals surface area contributed by atoms with Gasteiger partial charge in [-0.15, -0.1) is 0 Å². The summed E-state index contributed by atoms with van der Waals surface area (Å²) in [6.07, 6.45) is 12.1. The second-order valence-corrected chi connectivity index (χ2v) is 5.92. The van der Waals surface area contributed by atoms with Crippen LogP contribution in [0.1, 0.15) is 11.1 Å². The van der Waals surface area contributed by atoms with Gasteiger partial charge in [0.1, 0.15) is 0 Å². The summed E-state index contributed by atoms with van der Waals surface area (Å²) in [4.78, 5) is 17.7. The molecular formula is C14H15O3P. The quantitative estimate of drug-likeness (QED) is 0.820. The standard InChI is InChI=1S/C14H15O3P/c15-18(16,17)11-14-9-7-13(8-10-14)6-5-12-3-1-2-4-12/h1-10,12H,11H2,(H2,15,16,17)/b6-5+. The van der Waals surface area contributed by atoms with E-state index in [1.165, 1.54) is 0 Å². The van der Waals surface area contributed by atoms with Crippen LogP contribution in [0.25, 0.3) is 6.08 Å². The predicted octanol–water partition coefficient (Wildman–Crippen LogP) is 3.12. The molecule has 0 unspecified atom stereocenters. The summed E-state index contributed by atoms with van der Waals surface area (Å²) in [6, 6.07) is 7.23. The number of benzene rings is 1. The van der Waals surface area contributed by atoms with E-state index in [1.807, 2.05) is 30.4 Å². The first-order valence-electron chi connectivity index (χ1n) is 5.70. The number of hydrogen-bond donors (Lipinski definition) is 2. The minimum Gasteiger partial charge on any atom is -0.324 e. The van der Waals surface area contributed by atoms with Crippen molar-refractivity contribution in [2.24, 2.45) is 5.92 Å². The van der Waals surface area contributed by atoms with Gasteiger partial charge in [0.25, 0.3) is 0 Å². The van der Waals surface area contributed by atoms with E-state index in [9.17, 15) is 4.57 Å². The van der Waals surface area contributed by atoms with Gasteiger partial charge in [0.2, 0.25) is 0 Å². The highest BCUT2D eigenvalue weighted by atomic mass is 31.2. The summed E-state index contributed by atoms with van der Waals surface area (Å²) in [5.41, 5.74) is 1.68. The first kappa shape index (κ1) is 13.0. The van der Waals surface area contributed by atoms with Crippen LogP contribution in [0.4, 0.5) is 0 Å². The highest BCUT2D eigenvalue weighted by Crippen LogP contribution is 2.38. The van der Waals surface area contributed by atoms with Crippen LogP contribution in [0.3, 0.4) is 0 Å². The smallest absolute Gasteiger partial charge is 0.324 e. The molecule has 94 valence electrons. The predicted molar refractivity (Wildman–Crippen MR) is 73.0 cm³/mol. The highest BCUT2D eigenvalue weighted by Gasteiger charge is 2.13. The maximum absolute atomic E-state index is 10.9. The third-order valence-corrected chi connectivity index (χ3v) is 3.43. The Balaban J connectivity index is 2.01. The molecule has 0 aromatic heterocycles. The average Bonchev–Trinajstić information content (AvgIpc) is 2.79. The summed E-state index contributed by atoms with van der Waals surface area (Å²) in [7, 11) is -3.97. The number of hydrogen-bond acceptors (Lipinski definition) is 1. The molecule has 0 atom stereocenters. The Morgan fingerprint density at radius 1 is 1.11 bits per heavy atom. The molecule has 0 radical (unpaired) electrons. The lowest BCUT2D eigenvalue weighted by Crippen LogP contribution is -1.87. The second kappa shape index (κ2) is 5.49. The summed E-state index contributed by atoms with van der Waals surface area (Å²) >= 11 is 0. The van der Waals surface area contributed by atoms with Crippen LogP contribution in [0.5, 0.6) is 0 Å². The number of allylic oxidation sites excluding steroid dienone is 5. The maximum atomic E-state index is 10.9. The minimum absolute atomic E-state index is 0.203. The Labute approximate surface area is 106 Å². The fraction of sp³-hybridized carbons (Fsp3) is 0.143. The van der Waals surface area contributed by atoms with Crippen molar-refractivity contribution in [3.8, 4) is 0 Å². The third-order valence-electron chi connectivity index (χ3n) is 2.66. The normalized spacial score (nSPS) is 15.9. The van der Waals surface area contributed by atoms with Gasteiger partial charge in [-0.25, -0.2) is 0 Å². The molecule has 0 heterocycles. The highest BCUT2D eigenvalue weighted by molar-refractivity contribution is 7.50. The molecule has 1 aliphatic rings. The van der Waals surface area contributed by atoms with Crippen molar-refractivity contribution in [2.75, 3.05) is 0 Å². The summed E-state index contributed by atoms with van der Waals surface area (Å²) < 4.78 is 10.9. The van der Waals surface area contributed by atoms with E-state index in [1.54, 1.807) is 12.1 Å². The molecule has 0 amide bonds. The summed E-state index contributed by atoms with van der Waals surface area (Å²) in [5.74, 6) is 0.347. The minimum atomic E-state index is -3.97. The van der Waals surface area contributed by atoms with Gasteiger partial charge in [-0.3, -0.25) is 4.57 Å². The van der Waals surface area contributed by atoms with Gasteiger partial charge in [0.15, 0.2) is 0 Å². The molecule has 0 spiro atoms. The van der Waals surface area contributed by atoms with Gasteiger partial charge >= 0.3 is 7.60 Å². The van der Waals surface area contributed by atoms with Crippen LogP contribution < -0.4 is 0 Å². The Morgan fingerprint density at radius 2 is 1.72 bits per heavy atom. The molecular weight excluding hydrogens is 247 g/mol. The zero-order chi connectivity index (χ0) is 13.0. The van der Waals surface area contributed by atoms with Crippen molar-refractivity contribution in [3.63, 3.8) is 0 Å². The van der Waals surface area contributed by atoms with Crippen LogP contribution in [0.2, 0.25) is 0 Å². The zero-order valence-electron chi connectivity index (χ0n) is 9.81. The monoisotopic (exact) mass is 262 g/mol. The molecule has 1 aromatic rings. The molecule has 3 nitrogen and oxygen atoms in total. The fourth-order valence-corrected chi connectivity index (χ4v) is 2.46. The van der Waals surface area contributed by atoms with E-state index in [4.69, 9.17) is 9.79 Å². The van der Waals surface area contributed by atoms with Gasteiger partial charge in [-0.05, 0) is 11.1 Å². The molecule has 0 saturated carbocycles. The van der Waals surface area contributed by atoms with E-state index >= 15 is 0 Å². The molecule has 4 heteroatoms. The SMILES string of the molecule is O=P(O)(O)Cc1ccc(/C=C/C2C=CC=C2)cc1. The Morgan fingerprint density at radius 3 is 2.28 bits per heavy atom. The van der Waals surface area contributed by atoms with Gasteiger partial charge in [0.05, 0.1) is 6.16 Å². The zero-order valence-corrected chi connectivity index (χ0v) is 10.7. The molecule has 1 aromatic carbocycles. The fourth-order valence-electron chi connectivity index (χ4n) is 1.77. The first-order valence-corrected chi connectivity index (χ1v) is 7.49. The Bertz CT molecular complexity index is 523. The van der Waals surface area contributed by atoms with E-state index in [-0.39, 0.29) is 6.16 Å². The number of rotatable bonds is 4. The van der Waals surface area contributed by atoms with Crippen molar-refractivity contribution in [1.29, 1.82) is 0 Å². The third kappa shape index (κ3) is 4.11. The second-order valence-electron chi connectivity index (χ2n) is 4.27. The van der Waals surface area contributed by atoms with Crippen LogP contribution in [-0.2, 0) is 10.7 Å². The molecule has 18 heavy (non-hydrogen) atoms. The van der Waals surface area contributed by atoms with Crippen molar-refractivity contribution in [3.05, 3.63) is 65.8 Å².